The second-order valence-electron chi connectivity index (χ2n) is 26.2. The zero-order chi connectivity index (χ0) is 57.7. The minimum atomic E-state index is 0.490. The summed E-state index contributed by atoms with van der Waals surface area (Å²) in [4.78, 5) is 10.3. The minimum Gasteiger partial charge on any atom is -0.366 e. The molecule has 5 aliphatic rings. The van der Waals surface area contributed by atoms with Gasteiger partial charge in [-0.1, -0.05) is 172 Å². The average Bonchev–Trinajstić information content (AvgIpc) is 2.57. The highest BCUT2D eigenvalue weighted by atomic mass is 15.2. The quantitative estimate of drug-likeness (QED) is 0.0794. The van der Waals surface area contributed by atoms with Gasteiger partial charge in [0.1, 0.15) is 0 Å². The fraction of sp³-hybridized carbons (Fsp3) is 0.366. The number of anilines is 9. The van der Waals surface area contributed by atoms with Crippen molar-refractivity contribution in [2.75, 3.05) is 19.6 Å². The van der Waals surface area contributed by atoms with Crippen molar-refractivity contribution in [2.24, 2.45) is 23.7 Å². The predicted molar refractivity (Wildman–Crippen MR) is 367 cm³/mol. The van der Waals surface area contributed by atoms with Gasteiger partial charge in [-0.3, -0.25) is 0 Å². The summed E-state index contributed by atoms with van der Waals surface area (Å²) in [5, 5.41) is 0. The van der Waals surface area contributed by atoms with Gasteiger partial charge in [0, 0.05) is 69.3 Å². The molecule has 0 aromatic heterocycles. The lowest BCUT2D eigenvalue weighted by Crippen LogP contribution is -2.46. The molecule has 0 unspecified atom stereocenters. The van der Waals surface area contributed by atoms with Crippen molar-refractivity contribution < 1.29 is 0 Å². The van der Waals surface area contributed by atoms with Crippen molar-refractivity contribution in [1.29, 1.82) is 0 Å². The van der Waals surface area contributed by atoms with Crippen LogP contribution in [0.25, 0.3) is 11.1 Å². The molecule has 0 saturated heterocycles. The van der Waals surface area contributed by atoms with E-state index in [1.165, 1.54) is 181 Å². The Morgan fingerprint density at radius 2 is 0.523 bits per heavy atom. The summed E-state index contributed by atoms with van der Waals surface area (Å²) < 4.78 is 0. The van der Waals surface area contributed by atoms with Crippen LogP contribution in [0.5, 0.6) is 0 Å². The summed E-state index contributed by atoms with van der Waals surface area (Å²) in [6, 6.07) is 83.2. The van der Waals surface area contributed by atoms with Crippen LogP contribution in [0.2, 0.25) is 0 Å². The number of hydrogen-bond donors (Lipinski definition) is 0. The highest BCUT2D eigenvalue weighted by molar-refractivity contribution is 5.82. The molecule has 5 saturated carbocycles. The molecule has 0 spiro atoms. The highest BCUT2D eigenvalue weighted by Crippen LogP contribution is 2.45. The SMILES string of the molecule is C(=C/C1CCC(N(c2ccccc2)c2ccc(-c3ccc(N(c4ccccc4)c4ccc(N(c5ccccc5)c5ccc(C6CCC(N(c7ccccc7)C7CCC(/C=C\C8CCCCC8)CC7)CC6)cc5)cc4)cc3)cc2)CC1)/C1CCCCC1. The van der Waals surface area contributed by atoms with E-state index in [1.807, 2.05) is 0 Å². The molecule has 86 heavy (non-hydrogen) atoms. The zero-order valence-corrected chi connectivity index (χ0v) is 51.1. The van der Waals surface area contributed by atoms with E-state index >= 15 is 0 Å². The molecule has 0 radical (unpaired) electrons. The molecule has 0 N–H and O–H groups in total. The Morgan fingerprint density at radius 3 is 0.930 bits per heavy atom. The molecule has 8 aromatic rings. The Hall–Kier alpha value is -7.56. The Bertz CT molecular complexity index is 3340. The van der Waals surface area contributed by atoms with Crippen molar-refractivity contribution in [2.45, 2.75) is 165 Å². The van der Waals surface area contributed by atoms with E-state index in [1.54, 1.807) is 0 Å². The number of hydrogen-bond acceptors (Lipinski definition) is 4. The monoisotopic (exact) mass is 1130 g/mol. The fourth-order valence-electron chi connectivity index (χ4n) is 15.9. The third-order valence-corrected chi connectivity index (χ3v) is 20.7. The summed E-state index contributed by atoms with van der Waals surface area (Å²) in [6.45, 7) is 0. The second kappa shape index (κ2) is 28.3. The molecule has 0 aliphatic heterocycles. The molecule has 0 bridgehead atoms. The van der Waals surface area contributed by atoms with Crippen LogP contribution in [0.15, 0.2) is 243 Å². The van der Waals surface area contributed by atoms with Gasteiger partial charge in [0.25, 0.3) is 0 Å². The van der Waals surface area contributed by atoms with Crippen LogP contribution in [0.4, 0.5) is 51.2 Å². The van der Waals surface area contributed by atoms with Gasteiger partial charge in [0.15, 0.2) is 0 Å². The van der Waals surface area contributed by atoms with Crippen molar-refractivity contribution >= 4 is 51.2 Å². The molecule has 5 aliphatic carbocycles. The third-order valence-electron chi connectivity index (χ3n) is 20.7. The molecule has 0 amide bonds. The van der Waals surface area contributed by atoms with Crippen LogP contribution in [0.1, 0.15) is 153 Å². The molecule has 440 valence electrons. The van der Waals surface area contributed by atoms with Crippen LogP contribution >= 0.6 is 0 Å². The molecular weight excluding hydrogens is 1040 g/mol. The first-order valence-electron chi connectivity index (χ1n) is 33.8. The normalized spacial score (nSPS) is 22.4. The van der Waals surface area contributed by atoms with Crippen LogP contribution in [-0.4, -0.2) is 18.1 Å². The smallest absolute Gasteiger partial charge is 0.0463 e. The Labute approximate surface area is 516 Å². The fourth-order valence-corrected chi connectivity index (χ4v) is 15.9. The van der Waals surface area contributed by atoms with E-state index < -0.39 is 0 Å². The number of allylic oxidation sites excluding steroid dienone is 4. The highest BCUT2D eigenvalue weighted by Gasteiger charge is 2.34. The first-order valence-corrected chi connectivity index (χ1v) is 33.8. The summed E-state index contributed by atoms with van der Waals surface area (Å²) in [5.74, 6) is 3.69. The van der Waals surface area contributed by atoms with Gasteiger partial charge in [0.05, 0.1) is 0 Å². The van der Waals surface area contributed by atoms with Crippen LogP contribution in [0, 0.1) is 23.7 Å². The van der Waals surface area contributed by atoms with Crippen LogP contribution in [-0.2, 0) is 0 Å². The maximum Gasteiger partial charge on any atom is 0.0463 e. The summed E-state index contributed by atoms with van der Waals surface area (Å²) in [6.07, 6.45) is 39.7. The Kier molecular flexibility index (Phi) is 18.9. The van der Waals surface area contributed by atoms with Gasteiger partial charge >= 0.3 is 0 Å². The van der Waals surface area contributed by atoms with Crippen molar-refractivity contribution in [3.63, 3.8) is 0 Å². The van der Waals surface area contributed by atoms with E-state index in [4.69, 9.17) is 0 Å². The molecule has 8 aromatic carbocycles. The van der Waals surface area contributed by atoms with Gasteiger partial charge in [-0.15, -0.1) is 0 Å². The van der Waals surface area contributed by atoms with E-state index in [2.05, 4.69) is 262 Å². The lowest BCUT2D eigenvalue weighted by molar-refractivity contribution is 0.302. The second-order valence-corrected chi connectivity index (χ2v) is 26.2. The molecule has 13 rings (SSSR count). The first kappa shape index (κ1) is 57.5. The topological polar surface area (TPSA) is 13.0 Å². The van der Waals surface area contributed by atoms with Gasteiger partial charge in [0.2, 0.25) is 0 Å². The van der Waals surface area contributed by atoms with Gasteiger partial charge < -0.3 is 19.6 Å². The van der Waals surface area contributed by atoms with E-state index in [9.17, 15) is 0 Å². The van der Waals surface area contributed by atoms with E-state index in [0.29, 0.717) is 30.0 Å². The molecule has 0 atom stereocenters. The maximum atomic E-state index is 2.89. The van der Waals surface area contributed by atoms with Gasteiger partial charge in [-0.05, 0) is 258 Å². The summed E-state index contributed by atoms with van der Waals surface area (Å²) in [7, 11) is 0. The van der Waals surface area contributed by atoms with E-state index in [-0.39, 0.29) is 0 Å². The van der Waals surface area contributed by atoms with Crippen LogP contribution < -0.4 is 19.6 Å². The predicted octanol–water partition coefficient (Wildman–Crippen LogP) is 23.4. The number of nitrogens with zero attached hydrogens (tertiary/aromatic N) is 4. The average molecular weight is 1130 g/mol. The molecular formula is C82H92N4. The van der Waals surface area contributed by atoms with Crippen molar-refractivity contribution in [3.8, 4) is 11.1 Å². The number of benzene rings is 8. The Balaban J connectivity index is 0.681. The minimum absolute atomic E-state index is 0.490. The number of para-hydroxylation sites is 4. The zero-order valence-electron chi connectivity index (χ0n) is 51.1. The summed E-state index contributed by atoms with van der Waals surface area (Å²) in [5.41, 5.74) is 14.8. The van der Waals surface area contributed by atoms with Crippen molar-refractivity contribution in [1.82, 2.24) is 0 Å². The Morgan fingerprint density at radius 1 is 0.233 bits per heavy atom. The summed E-state index contributed by atoms with van der Waals surface area (Å²) >= 11 is 0. The molecule has 4 heteroatoms. The standard InChI is InChI=1S/C82H92N4/c1-7-19-63(20-8-1)31-33-65-35-47-75(48-36-65)83(71-23-11-3-12-24-71)77-51-39-67(40-52-77)69-43-55-79(56-44-69)85(73-27-15-5-16-28-73)81-59-61-82(62-60-81)86(74-29-17-6-18-30-74)80-57-45-70(46-58-80)68-41-53-78(54-42-68)84(72-25-13-4-14-26-72)76-49-37-66(38-50-76)34-32-64-21-9-2-10-22-64/h3-6,11-18,23-34,39-40,43-46,51-52,55-66,68,75-76,78H,1-2,7-10,19-22,35-38,41-42,47-50,53-54H2/b33-31-,34-32-. The maximum absolute atomic E-state index is 2.89. The van der Waals surface area contributed by atoms with Gasteiger partial charge in [-0.25, -0.2) is 0 Å². The lowest BCUT2D eigenvalue weighted by Gasteiger charge is -2.45. The lowest BCUT2D eigenvalue weighted by atomic mass is 9.78. The third kappa shape index (κ3) is 14.0. The largest absolute Gasteiger partial charge is 0.366 e. The number of rotatable bonds is 18. The van der Waals surface area contributed by atoms with E-state index in [0.717, 1.165) is 46.2 Å². The molecule has 4 nitrogen and oxygen atoms in total. The molecule has 5 fully saturated rings. The van der Waals surface area contributed by atoms with Crippen LogP contribution in [0.3, 0.4) is 0 Å². The van der Waals surface area contributed by atoms with Gasteiger partial charge in [-0.2, -0.15) is 0 Å². The molecule has 0 heterocycles. The van der Waals surface area contributed by atoms with Crippen molar-refractivity contribution in [3.05, 3.63) is 248 Å². The first-order chi connectivity index (χ1) is 42.6.